The van der Waals surface area contributed by atoms with Crippen LogP contribution in [0.2, 0.25) is 5.15 Å². The van der Waals surface area contributed by atoms with Crippen LogP contribution in [0.25, 0.3) is 0 Å². The molecule has 0 atom stereocenters. The van der Waals surface area contributed by atoms with E-state index in [0.29, 0.717) is 5.15 Å². The second-order valence-corrected chi connectivity index (χ2v) is 4.25. The maximum Gasteiger partial charge on any atom is 0.185 e. The molecule has 0 saturated carbocycles. The number of hydrogen-bond donors (Lipinski definition) is 1. The first-order valence-corrected chi connectivity index (χ1v) is 5.49. The molecule has 86 valence electrons. The van der Waals surface area contributed by atoms with Crippen molar-refractivity contribution >= 4 is 23.4 Å². The van der Waals surface area contributed by atoms with Gasteiger partial charge in [-0.1, -0.05) is 11.6 Å². The predicted molar refractivity (Wildman–Crippen MR) is 58.5 cm³/mol. The van der Waals surface area contributed by atoms with Crippen molar-refractivity contribution in [1.82, 2.24) is 15.0 Å². The molecule has 1 saturated heterocycles. The number of aromatic nitrogens is 1. The van der Waals surface area contributed by atoms with Gasteiger partial charge in [0.1, 0.15) is 18.2 Å². The molecule has 2 heterocycles. The van der Waals surface area contributed by atoms with E-state index in [1.54, 1.807) is 18.3 Å². The highest BCUT2D eigenvalue weighted by atomic mass is 35.5. The summed E-state index contributed by atoms with van der Waals surface area (Å²) in [6, 6.07) is 3.45. The number of carboxylic acid groups (broad SMARTS) is 1. The molecular weight excluding hydrogens is 230 g/mol. The van der Waals surface area contributed by atoms with Crippen LogP contribution in [0.4, 0.5) is 10.5 Å². The summed E-state index contributed by atoms with van der Waals surface area (Å²) in [6.45, 7) is 1.44. The van der Waals surface area contributed by atoms with Gasteiger partial charge in [-0.2, -0.15) is 4.59 Å². The van der Waals surface area contributed by atoms with Crippen LogP contribution >= 0.6 is 11.6 Å². The van der Waals surface area contributed by atoms with Crippen LogP contribution in [0.3, 0.4) is 0 Å². The molecule has 16 heavy (non-hydrogen) atoms. The van der Waals surface area contributed by atoms with Crippen LogP contribution < -0.4 is 15.1 Å². The molecule has 5 nitrogen and oxygen atoms in total. The van der Waals surface area contributed by atoms with Crippen LogP contribution in [0.1, 0.15) is 12.8 Å². The summed E-state index contributed by atoms with van der Waals surface area (Å²) >= 11 is 5.70. The number of nitrogens with one attached hydrogen (secondary N) is 1. The van der Waals surface area contributed by atoms with Crippen LogP contribution in [-0.2, 0) is 0 Å². The van der Waals surface area contributed by atoms with Gasteiger partial charge in [0.2, 0.25) is 0 Å². The van der Waals surface area contributed by atoms with Gasteiger partial charge in [0.25, 0.3) is 0 Å². The van der Waals surface area contributed by atoms with Crippen LogP contribution in [0.5, 0.6) is 0 Å². The minimum Gasteiger partial charge on any atom is -0.526 e. The van der Waals surface area contributed by atoms with Crippen molar-refractivity contribution in [2.75, 3.05) is 13.1 Å². The van der Waals surface area contributed by atoms with Gasteiger partial charge in [0.05, 0.1) is 6.20 Å². The Kier molecular flexibility index (Phi) is 2.98. The summed E-state index contributed by atoms with van der Waals surface area (Å²) < 4.78 is 0.187. The molecule has 6 heteroatoms. The third-order valence-electron chi connectivity index (χ3n) is 2.84. The summed E-state index contributed by atoms with van der Waals surface area (Å²) in [6.07, 6.45) is 2.28. The van der Waals surface area contributed by atoms with Gasteiger partial charge in [-0.25, -0.2) is 10.4 Å². The second-order valence-electron chi connectivity index (χ2n) is 3.86. The highest BCUT2D eigenvalue weighted by molar-refractivity contribution is 6.29. The molecule has 0 aliphatic carbocycles. The molecule has 1 aromatic rings. The number of pyridine rings is 1. The van der Waals surface area contributed by atoms with E-state index in [2.05, 4.69) is 10.4 Å². The largest absolute Gasteiger partial charge is 0.526 e. The maximum absolute atomic E-state index is 10.7. The van der Waals surface area contributed by atoms with Gasteiger partial charge in [-0.3, -0.25) is 0 Å². The number of halogens is 1. The van der Waals surface area contributed by atoms with E-state index in [1.807, 2.05) is 0 Å². The van der Waals surface area contributed by atoms with Crippen molar-refractivity contribution in [2.24, 2.45) is 0 Å². The fraction of sp³-hybridized carbons (Fsp3) is 0.400. The zero-order valence-corrected chi connectivity index (χ0v) is 9.41. The minimum atomic E-state index is -1.27. The fourth-order valence-electron chi connectivity index (χ4n) is 2.11. The number of amides is 1. The van der Waals surface area contributed by atoms with Crippen molar-refractivity contribution < 1.29 is 9.90 Å². The number of rotatable bonds is 2. The highest BCUT2D eigenvalue weighted by Gasteiger charge is 2.35. The molecule has 0 bridgehead atoms. The van der Waals surface area contributed by atoms with E-state index in [9.17, 15) is 9.90 Å². The number of carbonyl (C=O) groups is 1. The molecule has 1 amide bonds. The van der Waals surface area contributed by atoms with Crippen LogP contribution in [0, 0.1) is 0 Å². The first kappa shape index (κ1) is 11.2. The number of quaternary nitrogens is 1. The molecule has 0 unspecified atom stereocenters. The van der Waals surface area contributed by atoms with Crippen LogP contribution in [0.15, 0.2) is 18.3 Å². The Morgan fingerprint density at radius 3 is 2.62 bits per heavy atom. The molecule has 1 aromatic heterocycles. The lowest BCUT2D eigenvalue weighted by Gasteiger charge is -2.33. The van der Waals surface area contributed by atoms with Crippen molar-refractivity contribution in [3.8, 4) is 0 Å². The Bertz CT molecular complexity index is 388. The van der Waals surface area contributed by atoms with Gasteiger partial charge in [-0.15, -0.1) is 0 Å². The maximum atomic E-state index is 10.7. The highest BCUT2D eigenvalue weighted by Crippen LogP contribution is 2.26. The van der Waals surface area contributed by atoms with E-state index >= 15 is 0 Å². The Morgan fingerprint density at radius 2 is 2.12 bits per heavy atom. The first-order valence-electron chi connectivity index (χ1n) is 5.11. The number of carbonyl (C=O) groups excluding carboxylic acids is 1. The normalized spacial score (nSPS) is 18.3. The average molecular weight is 242 g/mol. The predicted octanol–water partition coefficient (Wildman–Crippen LogP) is 0.684. The molecule has 1 aliphatic rings. The van der Waals surface area contributed by atoms with Crippen LogP contribution in [-0.4, -0.2) is 24.2 Å². The van der Waals surface area contributed by atoms with Crippen molar-refractivity contribution in [1.29, 1.82) is 0 Å². The molecule has 0 radical (unpaired) electrons. The van der Waals surface area contributed by atoms with E-state index in [-0.39, 0.29) is 4.59 Å². The molecule has 1 aliphatic heterocycles. The van der Waals surface area contributed by atoms with Crippen molar-refractivity contribution in [3.05, 3.63) is 23.5 Å². The molecule has 1 N–H and O–H groups in total. The molecule has 1 fully saturated rings. The summed E-state index contributed by atoms with van der Waals surface area (Å²) in [4.78, 5) is 14.7. The summed E-state index contributed by atoms with van der Waals surface area (Å²) in [7, 11) is 0. The zero-order chi connectivity index (χ0) is 11.6. The monoisotopic (exact) mass is 241 g/mol. The average Bonchev–Trinajstić information content (AvgIpc) is 2.67. The van der Waals surface area contributed by atoms with E-state index in [1.165, 1.54) is 0 Å². The summed E-state index contributed by atoms with van der Waals surface area (Å²) in [5, 5.41) is 11.1. The minimum absolute atomic E-state index is 0.187. The second kappa shape index (κ2) is 4.27. The topological polar surface area (TPSA) is 65.0 Å². The van der Waals surface area contributed by atoms with Gasteiger partial charge in [0, 0.05) is 18.9 Å². The summed E-state index contributed by atoms with van der Waals surface area (Å²) in [5.41, 5.74) is 3.25. The quantitative estimate of drug-likeness (QED) is 0.612. The summed E-state index contributed by atoms with van der Waals surface area (Å²) in [5.74, 6) is 0. The van der Waals surface area contributed by atoms with Crippen molar-refractivity contribution in [2.45, 2.75) is 12.8 Å². The number of nitrogens with zero attached hydrogens (tertiary/aromatic N) is 2. The number of hydrogen-bond acceptors (Lipinski definition) is 3. The lowest BCUT2D eigenvalue weighted by atomic mass is 10.3. The molecule has 2 rings (SSSR count). The first-order chi connectivity index (χ1) is 7.62. The van der Waals surface area contributed by atoms with E-state index < -0.39 is 6.09 Å². The van der Waals surface area contributed by atoms with E-state index in [4.69, 9.17) is 11.6 Å². The standard InChI is InChI=1S/C10H12ClN3O2/c11-9-4-3-8(7-12-9)14(13-10(15)16)5-1-2-6-14/h3-4,7,13H,1-2,5-6H2. The zero-order valence-electron chi connectivity index (χ0n) is 8.65. The smallest absolute Gasteiger partial charge is 0.185 e. The Labute approximate surface area is 98.2 Å². The Hall–Kier alpha value is -1.33. The third-order valence-corrected chi connectivity index (χ3v) is 3.06. The Balaban J connectivity index is 2.31. The lowest BCUT2D eigenvalue weighted by molar-refractivity contribution is -0.255. The van der Waals surface area contributed by atoms with Gasteiger partial charge in [-0.05, 0) is 6.07 Å². The third kappa shape index (κ3) is 2.10. The molecular formula is C10H12ClN3O2. The molecule has 0 aromatic carbocycles. The lowest BCUT2D eigenvalue weighted by Crippen LogP contribution is -2.62. The Morgan fingerprint density at radius 1 is 1.44 bits per heavy atom. The van der Waals surface area contributed by atoms with E-state index in [0.717, 1.165) is 31.6 Å². The van der Waals surface area contributed by atoms with Gasteiger partial charge >= 0.3 is 0 Å². The fourth-order valence-corrected chi connectivity index (χ4v) is 2.22. The molecule has 0 spiro atoms. The van der Waals surface area contributed by atoms with Crippen molar-refractivity contribution in [3.63, 3.8) is 0 Å². The van der Waals surface area contributed by atoms with Gasteiger partial charge < -0.3 is 9.90 Å². The van der Waals surface area contributed by atoms with Gasteiger partial charge in [0.15, 0.2) is 11.8 Å². The SMILES string of the molecule is O=C([O-])N[N+]1(c2ccc(Cl)nc2)CCCC1.